The van der Waals surface area contributed by atoms with Crippen LogP contribution in [0.4, 0.5) is 0 Å². The molecule has 1 aliphatic heterocycles. The van der Waals surface area contributed by atoms with Crippen molar-refractivity contribution in [3.05, 3.63) is 29.2 Å². The van der Waals surface area contributed by atoms with Gasteiger partial charge in [-0.2, -0.15) is 0 Å². The van der Waals surface area contributed by atoms with Gasteiger partial charge in [0.05, 0.1) is 0 Å². The lowest BCUT2D eigenvalue weighted by Gasteiger charge is -2.19. The van der Waals surface area contributed by atoms with Crippen LogP contribution in [0.15, 0.2) is 29.2 Å². The molecule has 1 nitrogen and oxygen atoms in total. The van der Waals surface area contributed by atoms with Gasteiger partial charge in [0, 0.05) is 17.8 Å². The molecule has 52 valence electrons. The van der Waals surface area contributed by atoms with E-state index in [0.717, 1.165) is 13.0 Å². The highest BCUT2D eigenvalue weighted by molar-refractivity contribution is 5.33. The number of hydrogen-bond acceptors (Lipinski definition) is 1. The average Bonchev–Trinajstić information content (AvgIpc) is 2.05. The number of fused-ring (bicyclic) bond motifs is 1. The van der Waals surface area contributed by atoms with Gasteiger partial charge in [0.25, 0.3) is 0 Å². The summed E-state index contributed by atoms with van der Waals surface area (Å²) in [4.78, 5) is 0. The zero-order valence-corrected chi connectivity index (χ0v) is 5.98. The van der Waals surface area contributed by atoms with Gasteiger partial charge < -0.3 is 5.32 Å². The smallest absolute Gasteiger partial charge is 0.0413 e. The van der Waals surface area contributed by atoms with Crippen molar-refractivity contribution in [3.8, 4) is 0 Å². The summed E-state index contributed by atoms with van der Waals surface area (Å²) >= 11 is 0. The van der Waals surface area contributed by atoms with E-state index in [1.807, 2.05) is 0 Å². The van der Waals surface area contributed by atoms with Crippen molar-refractivity contribution < 1.29 is 0 Å². The zero-order chi connectivity index (χ0) is 6.81. The third-order valence-electron chi connectivity index (χ3n) is 1.96. The lowest BCUT2D eigenvalue weighted by Crippen LogP contribution is -2.22. The molecule has 2 aliphatic rings. The lowest BCUT2D eigenvalue weighted by molar-refractivity contribution is 0.665. The monoisotopic (exact) mass is 133 g/mol. The second kappa shape index (κ2) is 2.36. The van der Waals surface area contributed by atoms with Crippen LogP contribution in [0, 0.1) is 0 Å². The molecule has 0 aromatic rings. The number of allylic oxidation sites excluding steroid dienone is 2. The van der Waals surface area contributed by atoms with Crippen LogP contribution in [-0.2, 0) is 0 Å². The molecule has 0 unspecified atom stereocenters. The van der Waals surface area contributed by atoms with Gasteiger partial charge >= 0.3 is 0 Å². The molecule has 0 aromatic carbocycles. The molecule has 0 atom stereocenters. The van der Waals surface area contributed by atoms with E-state index in [-0.39, 0.29) is 0 Å². The molecule has 2 rings (SSSR count). The van der Waals surface area contributed by atoms with Gasteiger partial charge in [0.15, 0.2) is 0 Å². The summed E-state index contributed by atoms with van der Waals surface area (Å²) in [5.74, 6) is 0. The van der Waals surface area contributed by atoms with Gasteiger partial charge in [-0.15, -0.1) is 5.73 Å². The Morgan fingerprint density at radius 2 is 2.50 bits per heavy atom. The third kappa shape index (κ3) is 0.891. The molecular formula is C9H11N. The van der Waals surface area contributed by atoms with Crippen LogP contribution in [-0.4, -0.2) is 6.54 Å². The SMILES string of the molecule is C1=CCC=C2NCCCC=12. The summed E-state index contributed by atoms with van der Waals surface area (Å²) in [5, 5.41) is 3.36. The van der Waals surface area contributed by atoms with Gasteiger partial charge in [-0.3, -0.25) is 0 Å². The van der Waals surface area contributed by atoms with E-state index in [1.54, 1.807) is 0 Å². The minimum atomic E-state index is 1.05. The first-order valence-electron chi connectivity index (χ1n) is 3.85. The fourth-order valence-corrected chi connectivity index (χ4v) is 1.43. The summed E-state index contributed by atoms with van der Waals surface area (Å²) < 4.78 is 0. The maximum atomic E-state index is 3.36. The minimum absolute atomic E-state index is 1.05. The molecule has 1 N–H and O–H groups in total. The van der Waals surface area contributed by atoms with Crippen molar-refractivity contribution in [2.45, 2.75) is 19.3 Å². The maximum absolute atomic E-state index is 3.36. The molecule has 1 saturated heterocycles. The predicted octanol–water partition coefficient (Wildman–Crippen LogP) is 1.74. The molecule has 1 fully saturated rings. The molecule has 1 heteroatoms. The standard InChI is InChI=1S/C9H11N/c1-2-6-9-8(4-1)5-3-7-10-9/h1,6,10H,2-3,5,7H2. The van der Waals surface area contributed by atoms with Gasteiger partial charge in [0.2, 0.25) is 0 Å². The van der Waals surface area contributed by atoms with E-state index < -0.39 is 0 Å². The Kier molecular flexibility index (Phi) is 1.37. The summed E-state index contributed by atoms with van der Waals surface area (Å²) in [5.41, 5.74) is 5.98. The molecule has 0 spiro atoms. The quantitative estimate of drug-likeness (QED) is 0.496. The van der Waals surface area contributed by atoms with Gasteiger partial charge in [0.1, 0.15) is 0 Å². The van der Waals surface area contributed by atoms with Crippen LogP contribution >= 0.6 is 0 Å². The van der Waals surface area contributed by atoms with E-state index in [9.17, 15) is 0 Å². The van der Waals surface area contributed by atoms with Crippen LogP contribution in [0.1, 0.15) is 19.3 Å². The molecular weight excluding hydrogens is 122 g/mol. The molecule has 0 aromatic heterocycles. The van der Waals surface area contributed by atoms with E-state index in [2.05, 4.69) is 23.2 Å². The molecule has 0 amide bonds. The predicted molar refractivity (Wildman–Crippen MR) is 41.5 cm³/mol. The Hall–Kier alpha value is -0.940. The number of hydrogen-bond donors (Lipinski definition) is 1. The van der Waals surface area contributed by atoms with E-state index in [1.165, 1.54) is 24.1 Å². The second-order valence-electron chi connectivity index (χ2n) is 2.71. The van der Waals surface area contributed by atoms with E-state index >= 15 is 0 Å². The fraction of sp³-hybridized carbons (Fsp3) is 0.444. The number of piperidine rings is 1. The highest BCUT2D eigenvalue weighted by Gasteiger charge is 2.10. The molecule has 0 radical (unpaired) electrons. The lowest BCUT2D eigenvalue weighted by atomic mass is 10.00. The van der Waals surface area contributed by atoms with Crippen molar-refractivity contribution in [1.82, 2.24) is 5.32 Å². The van der Waals surface area contributed by atoms with Gasteiger partial charge in [-0.1, -0.05) is 6.08 Å². The summed E-state index contributed by atoms with van der Waals surface area (Å²) in [6.45, 7) is 1.14. The minimum Gasteiger partial charge on any atom is -0.385 e. The molecule has 1 heterocycles. The molecule has 1 aliphatic carbocycles. The molecule has 0 saturated carbocycles. The van der Waals surface area contributed by atoms with Crippen LogP contribution < -0.4 is 5.32 Å². The van der Waals surface area contributed by atoms with Crippen molar-refractivity contribution >= 4 is 0 Å². The Morgan fingerprint density at radius 3 is 3.40 bits per heavy atom. The zero-order valence-electron chi connectivity index (χ0n) is 5.98. The molecule has 10 heavy (non-hydrogen) atoms. The summed E-state index contributed by atoms with van der Waals surface area (Å²) in [6.07, 6.45) is 7.85. The highest BCUT2D eigenvalue weighted by atomic mass is 14.9. The highest BCUT2D eigenvalue weighted by Crippen LogP contribution is 2.20. The largest absolute Gasteiger partial charge is 0.385 e. The van der Waals surface area contributed by atoms with Crippen LogP contribution in [0.5, 0.6) is 0 Å². The number of nitrogens with one attached hydrogen (secondary N) is 1. The summed E-state index contributed by atoms with van der Waals surface area (Å²) in [6, 6.07) is 0. The van der Waals surface area contributed by atoms with Gasteiger partial charge in [-0.25, -0.2) is 0 Å². The normalized spacial score (nSPS) is 22.4. The summed E-state index contributed by atoms with van der Waals surface area (Å²) in [7, 11) is 0. The first-order valence-corrected chi connectivity index (χ1v) is 3.85. The first kappa shape index (κ1) is 5.82. The average molecular weight is 133 g/mol. The van der Waals surface area contributed by atoms with Crippen molar-refractivity contribution in [2.24, 2.45) is 0 Å². The van der Waals surface area contributed by atoms with Crippen LogP contribution in [0.2, 0.25) is 0 Å². The molecule has 0 bridgehead atoms. The van der Waals surface area contributed by atoms with Crippen LogP contribution in [0.3, 0.4) is 0 Å². The van der Waals surface area contributed by atoms with Crippen molar-refractivity contribution in [1.29, 1.82) is 0 Å². The Labute approximate surface area is 61.1 Å². The third-order valence-corrected chi connectivity index (χ3v) is 1.96. The van der Waals surface area contributed by atoms with E-state index in [4.69, 9.17) is 0 Å². The van der Waals surface area contributed by atoms with E-state index in [0.29, 0.717) is 0 Å². The fourth-order valence-electron chi connectivity index (χ4n) is 1.43. The van der Waals surface area contributed by atoms with Crippen molar-refractivity contribution in [2.75, 3.05) is 6.54 Å². The van der Waals surface area contributed by atoms with Crippen LogP contribution in [0.25, 0.3) is 0 Å². The number of rotatable bonds is 0. The Balaban J connectivity index is 2.32. The Morgan fingerprint density at radius 1 is 1.50 bits per heavy atom. The first-order chi connectivity index (χ1) is 4.97. The van der Waals surface area contributed by atoms with Crippen molar-refractivity contribution in [3.63, 3.8) is 0 Å². The maximum Gasteiger partial charge on any atom is 0.0413 e. The topological polar surface area (TPSA) is 12.0 Å². The Bertz CT molecular complexity index is 229. The van der Waals surface area contributed by atoms with Gasteiger partial charge in [-0.05, 0) is 25.3 Å². The second-order valence-corrected chi connectivity index (χ2v) is 2.71.